The Hall–Kier alpha value is -2.14. The van der Waals surface area contributed by atoms with Gasteiger partial charge in [0.25, 0.3) is 0 Å². The molecule has 27 heavy (non-hydrogen) atoms. The van der Waals surface area contributed by atoms with Gasteiger partial charge in [-0.15, -0.1) is 0 Å². The van der Waals surface area contributed by atoms with Gasteiger partial charge in [0.1, 0.15) is 5.69 Å². The van der Waals surface area contributed by atoms with Crippen molar-refractivity contribution in [1.82, 2.24) is 9.97 Å². The van der Waals surface area contributed by atoms with Gasteiger partial charge in [-0.1, -0.05) is 54.3 Å². The molecular formula is C21H26ClN3O2. The van der Waals surface area contributed by atoms with Crippen molar-refractivity contribution in [3.63, 3.8) is 0 Å². The van der Waals surface area contributed by atoms with Crippen LogP contribution in [-0.2, 0) is 11.2 Å². The molecule has 0 aliphatic carbocycles. The number of aryl methyl sites for hydroxylation is 2. The summed E-state index contributed by atoms with van der Waals surface area (Å²) in [6.07, 6.45) is 6.00. The maximum Gasteiger partial charge on any atom is 0.303 e. The lowest BCUT2D eigenvalue weighted by atomic mass is 10.1. The number of fused-ring (bicyclic) bond motifs is 1. The van der Waals surface area contributed by atoms with Crippen LogP contribution in [0.15, 0.2) is 24.3 Å². The van der Waals surface area contributed by atoms with Crippen LogP contribution in [0.25, 0.3) is 11.3 Å². The lowest BCUT2D eigenvalue weighted by molar-refractivity contribution is -0.137. The Balaban J connectivity index is 1.66. The van der Waals surface area contributed by atoms with Gasteiger partial charge in [0, 0.05) is 25.1 Å². The van der Waals surface area contributed by atoms with E-state index in [0.29, 0.717) is 5.15 Å². The molecule has 0 saturated carbocycles. The van der Waals surface area contributed by atoms with Crippen LogP contribution < -0.4 is 4.90 Å². The number of rotatable bonds is 8. The van der Waals surface area contributed by atoms with Gasteiger partial charge in [-0.2, -0.15) is 0 Å². The third kappa shape index (κ3) is 5.19. The second-order valence-corrected chi connectivity index (χ2v) is 7.51. The molecule has 1 N–H and O–H groups in total. The topological polar surface area (TPSA) is 66.3 Å². The van der Waals surface area contributed by atoms with Crippen molar-refractivity contribution in [3.05, 3.63) is 40.7 Å². The lowest BCUT2D eigenvalue weighted by Crippen LogP contribution is -2.32. The molecular weight excluding hydrogens is 362 g/mol. The Labute approximate surface area is 165 Å². The molecule has 0 radical (unpaired) electrons. The Kier molecular flexibility index (Phi) is 6.67. The first kappa shape index (κ1) is 19.6. The lowest BCUT2D eigenvalue weighted by Gasteiger charge is -2.30. The van der Waals surface area contributed by atoms with Crippen molar-refractivity contribution in [2.45, 2.75) is 51.9 Å². The summed E-state index contributed by atoms with van der Waals surface area (Å²) in [5.74, 6) is 0.196. The monoisotopic (exact) mass is 387 g/mol. The first-order chi connectivity index (χ1) is 13.0. The fraction of sp³-hybridized carbons (Fsp3) is 0.476. The summed E-state index contributed by atoms with van der Waals surface area (Å²) in [6.45, 7) is 3.94. The molecule has 6 heteroatoms. The van der Waals surface area contributed by atoms with Crippen molar-refractivity contribution in [2.24, 2.45) is 0 Å². The molecule has 0 spiro atoms. The Morgan fingerprint density at radius 2 is 1.89 bits per heavy atom. The van der Waals surface area contributed by atoms with Crippen molar-refractivity contribution < 1.29 is 9.90 Å². The van der Waals surface area contributed by atoms with E-state index in [-0.39, 0.29) is 6.42 Å². The van der Waals surface area contributed by atoms with Crippen LogP contribution in [0.3, 0.4) is 0 Å². The van der Waals surface area contributed by atoms with E-state index in [4.69, 9.17) is 21.7 Å². The fourth-order valence-corrected chi connectivity index (χ4v) is 3.68. The molecule has 2 heterocycles. The first-order valence-corrected chi connectivity index (χ1v) is 10.0. The van der Waals surface area contributed by atoms with E-state index >= 15 is 0 Å². The van der Waals surface area contributed by atoms with Crippen molar-refractivity contribution in [2.75, 3.05) is 18.0 Å². The second-order valence-electron chi connectivity index (χ2n) is 7.15. The van der Waals surface area contributed by atoms with Crippen molar-refractivity contribution in [1.29, 1.82) is 0 Å². The summed E-state index contributed by atoms with van der Waals surface area (Å²) in [5, 5.41) is 9.14. The van der Waals surface area contributed by atoms with Crippen molar-refractivity contribution in [3.8, 4) is 11.3 Å². The Morgan fingerprint density at radius 3 is 2.63 bits per heavy atom. The Bertz CT molecular complexity index is 793. The summed E-state index contributed by atoms with van der Waals surface area (Å²) in [7, 11) is 0. The zero-order valence-corrected chi connectivity index (χ0v) is 16.5. The number of carboxylic acids is 1. The van der Waals surface area contributed by atoms with E-state index in [2.05, 4.69) is 28.9 Å². The van der Waals surface area contributed by atoms with Crippen molar-refractivity contribution >= 4 is 23.4 Å². The highest BCUT2D eigenvalue weighted by Crippen LogP contribution is 2.32. The summed E-state index contributed by atoms with van der Waals surface area (Å²) >= 11 is 6.48. The number of unbranched alkanes of at least 4 members (excludes halogenated alkanes) is 3. The number of benzene rings is 1. The predicted octanol–water partition coefficient (Wildman–Crippen LogP) is 4.89. The third-order valence-corrected chi connectivity index (χ3v) is 5.20. The number of halogens is 1. The van der Waals surface area contributed by atoms with Gasteiger partial charge >= 0.3 is 5.97 Å². The predicted molar refractivity (Wildman–Crippen MR) is 108 cm³/mol. The van der Waals surface area contributed by atoms with Gasteiger partial charge < -0.3 is 10.0 Å². The highest BCUT2D eigenvalue weighted by atomic mass is 35.5. The minimum absolute atomic E-state index is 0.259. The molecule has 0 atom stereocenters. The number of nitrogens with zero attached hydrogens (tertiary/aromatic N) is 3. The second kappa shape index (κ2) is 9.18. The molecule has 0 fully saturated rings. The van der Waals surface area contributed by atoms with Crippen LogP contribution in [0, 0.1) is 6.92 Å². The Morgan fingerprint density at radius 1 is 1.15 bits per heavy atom. The molecule has 3 rings (SSSR count). The van der Waals surface area contributed by atoms with Gasteiger partial charge in [0.05, 0.1) is 5.69 Å². The third-order valence-electron chi connectivity index (χ3n) is 4.94. The van der Waals surface area contributed by atoms with Crippen LogP contribution in [-0.4, -0.2) is 34.1 Å². The smallest absolute Gasteiger partial charge is 0.303 e. The summed E-state index contributed by atoms with van der Waals surface area (Å²) in [5.41, 5.74) is 3.98. The fourth-order valence-electron chi connectivity index (χ4n) is 3.45. The zero-order valence-electron chi connectivity index (χ0n) is 15.7. The molecule has 0 amide bonds. The van der Waals surface area contributed by atoms with E-state index in [9.17, 15) is 4.79 Å². The summed E-state index contributed by atoms with van der Waals surface area (Å²) < 4.78 is 0. The van der Waals surface area contributed by atoms with Gasteiger partial charge in [0.2, 0.25) is 0 Å². The van der Waals surface area contributed by atoms with E-state index < -0.39 is 5.97 Å². The average Bonchev–Trinajstić information content (AvgIpc) is 2.65. The van der Waals surface area contributed by atoms with E-state index in [1.54, 1.807) is 0 Å². The van der Waals surface area contributed by atoms with Crippen LogP contribution in [0.2, 0.25) is 5.15 Å². The highest BCUT2D eigenvalue weighted by Gasteiger charge is 2.22. The summed E-state index contributed by atoms with van der Waals surface area (Å²) in [6, 6.07) is 8.19. The number of aliphatic carboxylic acids is 1. The molecule has 1 aromatic carbocycles. The minimum atomic E-state index is -0.714. The maximum atomic E-state index is 10.6. The molecule has 5 nitrogen and oxygen atoms in total. The number of hydrogen-bond acceptors (Lipinski definition) is 4. The quantitative estimate of drug-likeness (QED) is 0.653. The molecule has 0 unspecified atom stereocenters. The molecule has 0 bridgehead atoms. The van der Waals surface area contributed by atoms with E-state index in [1.807, 2.05) is 12.1 Å². The van der Waals surface area contributed by atoms with Gasteiger partial charge in [-0.25, -0.2) is 9.97 Å². The molecule has 1 aromatic heterocycles. The molecule has 2 aromatic rings. The van der Waals surface area contributed by atoms with E-state index in [1.165, 1.54) is 5.56 Å². The molecule has 1 aliphatic heterocycles. The average molecular weight is 388 g/mol. The summed E-state index contributed by atoms with van der Waals surface area (Å²) in [4.78, 5) is 22.4. The van der Waals surface area contributed by atoms with Crippen LogP contribution >= 0.6 is 11.6 Å². The number of hydrogen-bond donors (Lipinski definition) is 1. The largest absolute Gasteiger partial charge is 0.481 e. The van der Waals surface area contributed by atoms with Gasteiger partial charge in [-0.3, -0.25) is 4.79 Å². The number of anilines is 1. The number of aromatic nitrogens is 2. The number of carbonyl (C=O) groups is 1. The van der Waals surface area contributed by atoms with Gasteiger partial charge in [0.15, 0.2) is 11.0 Å². The standard InChI is InChI=1S/C21H26ClN3O2/c1-15-9-11-16(12-10-15)19-20(22)24-21-17(23-19)7-6-14-25(21)13-5-3-2-4-8-18(26)27/h9-12H,2-8,13-14H2,1H3,(H,26,27). The van der Waals surface area contributed by atoms with E-state index in [0.717, 1.165) is 74.4 Å². The first-order valence-electron chi connectivity index (χ1n) is 9.65. The van der Waals surface area contributed by atoms with Crippen LogP contribution in [0.5, 0.6) is 0 Å². The minimum Gasteiger partial charge on any atom is -0.481 e. The zero-order chi connectivity index (χ0) is 19.2. The number of carboxylic acid groups (broad SMARTS) is 1. The van der Waals surface area contributed by atoms with Crippen LogP contribution in [0.1, 0.15) is 49.8 Å². The maximum absolute atomic E-state index is 10.6. The molecule has 144 valence electrons. The highest BCUT2D eigenvalue weighted by molar-refractivity contribution is 6.31. The SMILES string of the molecule is Cc1ccc(-c2nc3c(nc2Cl)N(CCCCCCC(=O)O)CCC3)cc1. The molecule has 0 saturated heterocycles. The molecule has 1 aliphatic rings. The normalized spacial score (nSPS) is 13.5. The van der Waals surface area contributed by atoms with Crippen LogP contribution in [0.4, 0.5) is 5.82 Å². The van der Waals surface area contributed by atoms with Gasteiger partial charge in [-0.05, 0) is 32.6 Å².